The number of nitrogens with zero attached hydrogens (tertiary/aromatic N) is 9. The predicted octanol–water partition coefficient (Wildman–Crippen LogP) is 3.29. The standard InChI is InChI=1S/C26H26N10O2/c1-16-9-20(4-3-19(16)10-18-5-6-36-22(11-18)29-15-31-36)32-24-23-21(28-14-30-24)12-27-25(33-23)34-7-8-35(26(37)38)17(2)13-34/h3-6,9,11-12,14-15,17H,7-8,10,13H2,1-2H3,(H,37,38)(H,28,30,32). The number of carboxylic acid groups (broad SMARTS) is 1. The Morgan fingerprint density at radius 1 is 1.11 bits per heavy atom. The second-order valence-corrected chi connectivity index (χ2v) is 9.44. The van der Waals surface area contributed by atoms with Gasteiger partial charge < -0.3 is 20.2 Å². The normalized spacial score (nSPS) is 15.8. The first-order valence-corrected chi connectivity index (χ1v) is 12.3. The summed E-state index contributed by atoms with van der Waals surface area (Å²) in [5.41, 5.74) is 6.48. The van der Waals surface area contributed by atoms with E-state index in [1.165, 1.54) is 22.4 Å². The van der Waals surface area contributed by atoms with Gasteiger partial charge in [0.2, 0.25) is 5.95 Å². The van der Waals surface area contributed by atoms with Gasteiger partial charge in [0, 0.05) is 37.6 Å². The summed E-state index contributed by atoms with van der Waals surface area (Å²) >= 11 is 0. The van der Waals surface area contributed by atoms with Gasteiger partial charge in [0.1, 0.15) is 23.7 Å². The van der Waals surface area contributed by atoms with E-state index < -0.39 is 6.09 Å². The molecule has 0 saturated carbocycles. The van der Waals surface area contributed by atoms with Crippen molar-refractivity contribution in [2.45, 2.75) is 26.3 Å². The van der Waals surface area contributed by atoms with Crippen LogP contribution in [-0.4, -0.2) is 76.3 Å². The van der Waals surface area contributed by atoms with Gasteiger partial charge in [0.25, 0.3) is 0 Å². The summed E-state index contributed by atoms with van der Waals surface area (Å²) in [4.78, 5) is 37.1. The van der Waals surface area contributed by atoms with Crippen molar-refractivity contribution in [3.8, 4) is 0 Å². The summed E-state index contributed by atoms with van der Waals surface area (Å²) in [5, 5.41) is 16.9. The molecule has 4 aromatic heterocycles. The number of nitrogens with one attached hydrogen (secondary N) is 1. The van der Waals surface area contributed by atoms with E-state index in [4.69, 9.17) is 4.98 Å². The molecule has 1 aliphatic rings. The average molecular weight is 511 g/mol. The fraction of sp³-hybridized carbons (Fsp3) is 0.269. The van der Waals surface area contributed by atoms with Crippen molar-refractivity contribution in [3.63, 3.8) is 0 Å². The van der Waals surface area contributed by atoms with E-state index in [1.807, 2.05) is 30.2 Å². The fourth-order valence-corrected chi connectivity index (χ4v) is 4.81. The van der Waals surface area contributed by atoms with Crippen LogP contribution in [0.2, 0.25) is 0 Å². The summed E-state index contributed by atoms with van der Waals surface area (Å²) < 4.78 is 1.75. The number of piperazine rings is 1. The molecule has 0 spiro atoms. The number of benzene rings is 1. The third-order valence-electron chi connectivity index (χ3n) is 6.87. The van der Waals surface area contributed by atoms with Crippen molar-refractivity contribution in [2.24, 2.45) is 0 Å². The molecule has 0 bridgehead atoms. The highest BCUT2D eigenvalue weighted by molar-refractivity contribution is 5.87. The lowest BCUT2D eigenvalue weighted by Gasteiger charge is -2.38. The minimum absolute atomic E-state index is 0.162. The van der Waals surface area contributed by atoms with Gasteiger partial charge in [-0.2, -0.15) is 5.10 Å². The third kappa shape index (κ3) is 4.51. The molecule has 1 aliphatic heterocycles. The fourth-order valence-electron chi connectivity index (χ4n) is 4.81. The molecule has 12 nitrogen and oxygen atoms in total. The smallest absolute Gasteiger partial charge is 0.407 e. The summed E-state index contributed by atoms with van der Waals surface area (Å²) in [7, 11) is 0. The molecule has 1 saturated heterocycles. The van der Waals surface area contributed by atoms with Crippen LogP contribution in [0.1, 0.15) is 23.6 Å². The number of rotatable bonds is 5. The Kier molecular flexibility index (Phi) is 5.91. The van der Waals surface area contributed by atoms with Crippen molar-refractivity contribution >= 4 is 40.2 Å². The van der Waals surface area contributed by atoms with Gasteiger partial charge in [-0.25, -0.2) is 34.2 Å². The molecule has 38 heavy (non-hydrogen) atoms. The summed E-state index contributed by atoms with van der Waals surface area (Å²) in [6.07, 6.45) is 6.52. The number of aryl methyl sites for hydroxylation is 1. The van der Waals surface area contributed by atoms with Gasteiger partial charge in [0.05, 0.1) is 6.20 Å². The lowest BCUT2D eigenvalue weighted by molar-refractivity contribution is 0.122. The number of fused-ring (bicyclic) bond motifs is 2. The maximum atomic E-state index is 11.4. The number of hydrogen-bond donors (Lipinski definition) is 2. The Balaban J connectivity index is 1.23. The molecule has 1 atom stereocenters. The van der Waals surface area contributed by atoms with E-state index in [-0.39, 0.29) is 6.04 Å². The van der Waals surface area contributed by atoms with Gasteiger partial charge in [0.15, 0.2) is 11.5 Å². The molecule has 0 aliphatic carbocycles. The largest absolute Gasteiger partial charge is 0.465 e. The van der Waals surface area contributed by atoms with E-state index in [0.29, 0.717) is 42.4 Å². The number of amides is 1. The van der Waals surface area contributed by atoms with Crippen molar-refractivity contribution in [1.29, 1.82) is 0 Å². The second kappa shape index (κ2) is 9.54. The Hall–Kier alpha value is -4.87. The molecule has 1 aromatic carbocycles. The first-order chi connectivity index (χ1) is 18.4. The van der Waals surface area contributed by atoms with Crippen LogP contribution in [-0.2, 0) is 6.42 Å². The minimum atomic E-state index is -0.908. The summed E-state index contributed by atoms with van der Waals surface area (Å²) in [6, 6.07) is 10.2. The maximum Gasteiger partial charge on any atom is 0.407 e. The molecule has 1 unspecified atom stereocenters. The van der Waals surface area contributed by atoms with Crippen LogP contribution in [0.4, 0.5) is 22.2 Å². The molecule has 0 radical (unpaired) electrons. The molecule has 12 heteroatoms. The average Bonchev–Trinajstić information content (AvgIpc) is 3.38. The van der Waals surface area contributed by atoms with E-state index >= 15 is 0 Å². The topological polar surface area (TPSA) is 138 Å². The minimum Gasteiger partial charge on any atom is -0.465 e. The quantitative estimate of drug-likeness (QED) is 0.362. The Labute approximate surface area is 218 Å². The van der Waals surface area contributed by atoms with E-state index in [1.54, 1.807) is 17.0 Å². The molecule has 1 fully saturated rings. The van der Waals surface area contributed by atoms with Gasteiger partial charge in [-0.1, -0.05) is 6.07 Å². The zero-order valence-corrected chi connectivity index (χ0v) is 21.0. The molecule has 192 valence electrons. The van der Waals surface area contributed by atoms with Crippen molar-refractivity contribution in [2.75, 3.05) is 29.9 Å². The first kappa shape index (κ1) is 23.5. The Morgan fingerprint density at radius 3 is 2.82 bits per heavy atom. The molecule has 5 aromatic rings. The number of pyridine rings is 1. The molecule has 2 N–H and O–H groups in total. The monoisotopic (exact) mass is 510 g/mol. The van der Waals surface area contributed by atoms with E-state index in [9.17, 15) is 9.90 Å². The molecular weight excluding hydrogens is 484 g/mol. The van der Waals surface area contributed by atoms with Crippen LogP contribution in [0, 0.1) is 6.92 Å². The highest BCUT2D eigenvalue weighted by Gasteiger charge is 2.28. The maximum absolute atomic E-state index is 11.4. The number of aromatic nitrogens is 7. The number of anilines is 3. The van der Waals surface area contributed by atoms with Gasteiger partial charge in [-0.05, 0) is 61.2 Å². The van der Waals surface area contributed by atoms with Crippen LogP contribution in [0.15, 0.2) is 55.4 Å². The zero-order chi connectivity index (χ0) is 26.2. The van der Waals surface area contributed by atoms with Crippen molar-refractivity contribution in [3.05, 3.63) is 72.1 Å². The highest BCUT2D eigenvalue weighted by Crippen LogP contribution is 2.26. The Morgan fingerprint density at radius 2 is 2.00 bits per heavy atom. The van der Waals surface area contributed by atoms with Crippen molar-refractivity contribution in [1.82, 2.24) is 39.4 Å². The summed E-state index contributed by atoms with van der Waals surface area (Å²) in [5.74, 6) is 1.11. The lowest BCUT2D eigenvalue weighted by Crippen LogP contribution is -2.54. The molecule has 5 heterocycles. The predicted molar refractivity (Wildman–Crippen MR) is 142 cm³/mol. The van der Waals surface area contributed by atoms with Crippen molar-refractivity contribution < 1.29 is 9.90 Å². The SMILES string of the molecule is Cc1cc(Nc2ncnc3cnc(N4CCN(C(=O)O)C(C)C4)nc23)ccc1Cc1ccn2ncnc2c1. The van der Waals surface area contributed by atoms with E-state index in [2.05, 4.69) is 55.5 Å². The second-order valence-electron chi connectivity index (χ2n) is 9.44. The van der Waals surface area contributed by atoms with Crippen LogP contribution in [0.5, 0.6) is 0 Å². The molecule has 6 rings (SSSR count). The first-order valence-electron chi connectivity index (χ1n) is 12.3. The van der Waals surface area contributed by atoms with E-state index in [0.717, 1.165) is 23.3 Å². The zero-order valence-electron chi connectivity index (χ0n) is 21.0. The Bertz CT molecular complexity index is 1650. The van der Waals surface area contributed by atoms with Crippen LogP contribution >= 0.6 is 0 Å². The lowest BCUT2D eigenvalue weighted by atomic mass is 10.0. The van der Waals surface area contributed by atoms with Gasteiger partial charge in [-0.3, -0.25) is 0 Å². The van der Waals surface area contributed by atoms with Crippen LogP contribution in [0.25, 0.3) is 16.7 Å². The van der Waals surface area contributed by atoms with Crippen LogP contribution < -0.4 is 10.2 Å². The molecule has 1 amide bonds. The number of carbonyl (C=O) groups is 1. The third-order valence-corrected chi connectivity index (χ3v) is 6.87. The molecular formula is C26H26N10O2. The van der Waals surface area contributed by atoms with Gasteiger partial charge in [-0.15, -0.1) is 0 Å². The number of hydrogen-bond acceptors (Lipinski definition) is 9. The summed E-state index contributed by atoms with van der Waals surface area (Å²) in [6.45, 7) is 5.40. The highest BCUT2D eigenvalue weighted by atomic mass is 16.4. The van der Waals surface area contributed by atoms with Gasteiger partial charge >= 0.3 is 6.09 Å². The van der Waals surface area contributed by atoms with Crippen LogP contribution in [0.3, 0.4) is 0 Å².